The molecular formula is C26H28N4O5. The lowest BCUT2D eigenvalue weighted by atomic mass is 9.98. The van der Waals surface area contributed by atoms with E-state index in [1.807, 2.05) is 31.2 Å². The number of nitrogens with one attached hydrogen (secondary N) is 2. The Morgan fingerprint density at radius 3 is 2.49 bits per heavy atom. The summed E-state index contributed by atoms with van der Waals surface area (Å²) in [5.41, 5.74) is 2.95. The van der Waals surface area contributed by atoms with Crippen LogP contribution >= 0.6 is 0 Å². The number of carbonyl (C=O) groups is 2. The molecule has 182 valence electrons. The molecule has 4 rings (SSSR count). The summed E-state index contributed by atoms with van der Waals surface area (Å²) in [7, 11) is 0. The third kappa shape index (κ3) is 5.34. The third-order valence-corrected chi connectivity index (χ3v) is 6.05. The summed E-state index contributed by atoms with van der Waals surface area (Å²) in [6.07, 6.45) is 0.755. The molecule has 0 saturated heterocycles. The Hall–Kier alpha value is -4.14. The van der Waals surface area contributed by atoms with Gasteiger partial charge in [-0.3, -0.25) is 9.59 Å². The fraction of sp³-hybridized carbons (Fsp3) is 0.308. The maximum absolute atomic E-state index is 12.2. The molecule has 35 heavy (non-hydrogen) atoms. The van der Waals surface area contributed by atoms with E-state index in [4.69, 9.17) is 13.9 Å². The number of carbonyl (C=O) groups excluding carboxylic acids is 1. The summed E-state index contributed by atoms with van der Waals surface area (Å²) in [4.78, 5) is 22.8. The molecular weight excluding hydrogens is 448 g/mol. The van der Waals surface area contributed by atoms with Crippen LogP contribution in [0, 0.1) is 12.8 Å². The van der Waals surface area contributed by atoms with Crippen molar-refractivity contribution in [2.45, 2.75) is 39.7 Å². The van der Waals surface area contributed by atoms with Crippen molar-refractivity contribution < 1.29 is 23.5 Å². The molecule has 2 heterocycles. The number of hydrogen-bond acceptors (Lipinski definition) is 7. The Bertz CT molecular complexity index is 1330. The predicted molar refractivity (Wildman–Crippen MR) is 131 cm³/mol. The van der Waals surface area contributed by atoms with Crippen LogP contribution in [-0.4, -0.2) is 33.7 Å². The third-order valence-electron chi connectivity index (χ3n) is 6.05. The molecule has 3 N–H and O–H groups in total. The largest absolute Gasteiger partial charge is 0.481 e. The van der Waals surface area contributed by atoms with Crippen LogP contribution in [0.4, 0.5) is 5.69 Å². The monoisotopic (exact) mass is 476 g/mol. The fourth-order valence-electron chi connectivity index (χ4n) is 3.80. The lowest BCUT2D eigenvalue weighted by molar-refractivity contribution is -0.136. The zero-order chi connectivity index (χ0) is 24.9. The molecule has 0 fully saturated rings. The Morgan fingerprint density at radius 1 is 1.06 bits per heavy atom. The first-order valence-electron chi connectivity index (χ1n) is 11.6. The van der Waals surface area contributed by atoms with Crippen LogP contribution in [0.25, 0.3) is 22.6 Å². The molecule has 0 aliphatic rings. The molecule has 0 aliphatic carbocycles. The average Bonchev–Trinajstić information content (AvgIpc) is 3.47. The second-order valence-corrected chi connectivity index (χ2v) is 8.48. The first kappa shape index (κ1) is 24.0. The molecule has 4 aromatic rings. The van der Waals surface area contributed by atoms with Gasteiger partial charge in [0.05, 0.1) is 6.42 Å². The van der Waals surface area contributed by atoms with Crippen molar-refractivity contribution in [1.29, 1.82) is 0 Å². The van der Waals surface area contributed by atoms with Gasteiger partial charge in [0.2, 0.25) is 5.89 Å². The van der Waals surface area contributed by atoms with E-state index in [0.29, 0.717) is 23.1 Å². The highest BCUT2D eigenvalue weighted by Crippen LogP contribution is 2.34. The van der Waals surface area contributed by atoms with E-state index in [2.05, 4.69) is 34.7 Å². The smallest absolute Gasteiger partial charge is 0.305 e. The Kier molecular flexibility index (Phi) is 7.14. The van der Waals surface area contributed by atoms with Crippen molar-refractivity contribution in [2.75, 3.05) is 11.9 Å². The SMILES string of the molecule is CCC(C)[C@H](Nc1ccc(C(=O)NCCC(=O)O)cc1)c1nnc(-c2oc3ccccc3c2C)o1. The number of furan rings is 1. The van der Waals surface area contributed by atoms with Crippen molar-refractivity contribution in [2.24, 2.45) is 5.92 Å². The van der Waals surface area contributed by atoms with E-state index < -0.39 is 5.97 Å². The van der Waals surface area contributed by atoms with Gasteiger partial charge in [0.15, 0.2) is 5.76 Å². The van der Waals surface area contributed by atoms with Gasteiger partial charge in [0.1, 0.15) is 11.6 Å². The molecule has 9 heteroatoms. The number of nitrogens with zero attached hydrogens (tertiary/aromatic N) is 2. The number of fused-ring (bicyclic) bond motifs is 1. The first-order valence-corrected chi connectivity index (χ1v) is 11.6. The highest BCUT2D eigenvalue weighted by atomic mass is 16.4. The summed E-state index contributed by atoms with van der Waals surface area (Å²) in [5, 5.41) is 24.3. The van der Waals surface area contributed by atoms with Gasteiger partial charge in [-0.25, -0.2) is 0 Å². The quantitative estimate of drug-likeness (QED) is 0.285. The number of aromatic nitrogens is 2. The van der Waals surface area contributed by atoms with Crippen molar-refractivity contribution in [3.63, 3.8) is 0 Å². The van der Waals surface area contributed by atoms with E-state index in [1.54, 1.807) is 24.3 Å². The van der Waals surface area contributed by atoms with E-state index in [0.717, 1.165) is 28.6 Å². The number of hydrogen-bond donors (Lipinski definition) is 3. The van der Waals surface area contributed by atoms with Gasteiger partial charge in [-0.1, -0.05) is 38.5 Å². The number of aliphatic carboxylic acids is 1. The van der Waals surface area contributed by atoms with Gasteiger partial charge in [0, 0.05) is 28.7 Å². The van der Waals surface area contributed by atoms with Gasteiger partial charge in [0.25, 0.3) is 11.8 Å². The molecule has 0 bridgehead atoms. The van der Waals surface area contributed by atoms with E-state index in [9.17, 15) is 9.59 Å². The van der Waals surface area contributed by atoms with E-state index >= 15 is 0 Å². The van der Waals surface area contributed by atoms with Gasteiger partial charge >= 0.3 is 5.97 Å². The highest BCUT2D eigenvalue weighted by Gasteiger charge is 2.26. The Balaban J connectivity index is 1.51. The molecule has 2 atom stereocenters. The minimum atomic E-state index is -0.958. The molecule has 2 aromatic heterocycles. The molecule has 0 radical (unpaired) electrons. The Labute approximate surface area is 202 Å². The number of carboxylic acid groups (broad SMARTS) is 1. The second kappa shape index (κ2) is 10.4. The number of aryl methyl sites for hydroxylation is 1. The summed E-state index contributed by atoms with van der Waals surface area (Å²) < 4.78 is 12.0. The standard InChI is InChI=1S/C26H28N4O5/c1-4-15(2)22(28-18-11-9-17(10-12-18)24(33)27-14-13-21(31)32)25-29-30-26(35-25)23-16(3)19-7-5-6-8-20(19)34-23/h5-12,15,22,28H,4,13-14H2,1-3H3,(H,27,33)(H,31,32)/t15?,22-/m0/s1. The van der Waals surface area contributed by atoms with Gasteiger partial charge in [-0.15, -0.1) is 10.2 Å². The van der Waals surface area contributed by atoms with Crippen LogP contribution < -0.4 is 10.6 Å². The van der Waals surface area contributed by atoms with Crippen LogP contribution in [-0.2, 0) is 4.79 Å². The molecule has 2 aromatic carbocycles. The lowest BCUT2D eigenvalue weighted by Gasteiger charge is -2.22. The normalized spacial score (nSPS) is 12.9. The summed E-state index contributed by atoms with van der Waals surface area (Å²) in [6, 6.07) is 14.5. The van der Waals surface area contributed by atoms with Crippen molar-refractivity contribution >= 4 is 28.5 Å². The number of anilines is 1. The predicted octanol–water partition coefficient (Wildman–Crippen LogP) is 5.20. The summed E-state index contributed by atoms with van der Waals surface area (Å²) >= 11 is 0. The van der Waals surface area contributed by atoms with E-state index in [-0.39, 0.29) is 30.8 Å². The fourth-order valence-corrected chi connectivity index (χ4v) is 3.80. The molecule has 0 saturated carbocycles. The molecule has 0 spiro atoms. The minimum absolute atomic E-state index is 0.0778. The second-order valence-electron chi connectivity index (χ2n) is 8.48. The van der Waals surface area contributed by atoms with Crippen molar-refractivity contribution in [1.82, 2.24) is 15.5 Å². The van der Waals surface area contributed by atoms with Crippen molar-refractivity contribution in [3.05, 3.63) is 65.5 Å². The maximum atomic E-state index is 12.2. The maximum Gasteiger partial charge on any atom is 0.305 e. The minimum Gasteiger partial charge on any atom is -0.481 e. The molecule has 1 unspecified atom stereocenters. The number of rotatable bonds is 10. The first-order chi connectivity index (χ1) is 16.9. The zero-order valence-corrected chi connectivity index (χ0v) is 19.9. The lowest BCUT2D eigenvalue weighted by Crippen LogP contribution is -2.26. The van der Waals surface area contributed by atoms with Crippen molar-refractivity contribution in [3.8, 4) is 11.7 Å². The molecule has 9 nitrogen and oxygen atoms in total. The van der Waals surface area contributed by atoms with Crippen LogP contribution in [0.5, 0.6) is 0 Å². The topological polar surface area (TPSA) is 130 Å². The molecule has 1 amide bonds. The molecule has 0 aliphatic heterocycles. The number of amides is 1. The number of carboxylic acids is 1. The van der Waals surface area contributed by atoms with Crippen LogP contribution in [0.2, 0.25) is 0 Å². The van der Waals surface area contributed by atoms with E-state index in [1.165, 1.54) is 0 Å². The highest BCUT2D eigenvalue weighted by molar-refractivity contribution is 5.94. The van der Waals surface area contributed by atoms with Crippen LogP contribution in [0.15, 0.2) is 57.4 Å². The average molecular weight is 477 g/mol. The van der Waals surface area contributed by atoms with Crippen LogP contribution in [0.3, 0.4) is 0 Å². The Morgan fingerprint density at radius 2 is 1.80 bits per heavy atom. The van der Waals surface area contributed by atoms with Crippen LogP contribution in [0.1, 0.15) is 54.5 Å². The summed E-state index contributed by atoms with van der Waals surface area (Å²) in [5.74, 6) is 0.242. The summed E-state index contributed by atoms with van der Waals surface area (Å²) in [6.45, 7) is 6.23. The zero-order valence-electron chi connectivity index (χ0n) is 19.9. The number of para-hydroxylation sites is 1. The van der Waals surface area contributed by atoms with Gasteiger partial charge < -0.3 is 24.6 Å². The van der Waals surface area contributed by atoms with Gasteiger partial charge in [-0.05, 0) is 43.2 Å². The van der Waals surface area contributed by atoms with Gasteiger partial charge in [-0.2, -0.15) is 0 Å². The number of benzene rings is 2.